The van der Waals surface area contributed by atoms with Crippen molar-refractivity contribution in [3.8, 4) is 0 Å². The van der Waals surface area contributed by atoms with Gasteiger partial charge in [-0.3, -0.25) is 4.72 Å². The maximum absolute atomic E-state index is 12.8. The number of sulfonamides is 1. The molecule has 0 amide bonds. The summed E-state index contributed by atoms with van der Waals surface area (Å²) in [6, 6.07) is 8.30. The number of aromatic nitrogens is 1. The second-order valence-electron chi connectivity index (χ2n) is 8.81. The van der Waals surface area contributed by atoms with Crippen LogP contribution in [0.3, 0.4) is 0 Å². The number of hydrogen-bond donors (Lipinski definition) is 3. The van der Waals surface area contributed by atoms with Gasteiger partial charge < -0.3 is 19.8 Å². The van der Waals surface area contributed by atoms with Gasteiger partial charge in [-0.15, -0.1) is 0 Å². The molecule has 10 nitrogen and oxygen atoms in total. The molecule has 0 atom stereocenters. The number of morpholine rings is 1. The van der Waals surface area contributed by atoms with Crippen molar-refractivity contribution in [2.75, 3.05) is 35.9 Å². The summed E-state index contributed by atoms with van der Waals surface area (Å²) < 4.78 is 65.2. The van der Waals surface area contributed by atoms with Gasteiger partial charge in [-0.1, -0.05) is 31.4 Å². The summed E-state index contributed by atoms with van der Waals surface area (Å²) >= 11 is 0. The average molecular weight is 560 g/mol. The summed E-state index contributed by atoms with van der Waals surface area (Å²) in [6.07, 6.45) is 2.25. The minimum absolute atomic E-state index is 0.0465. The molecule has 2 aliphatic rings. The first-order chi connectivity index (χ1) is 17.9. The van der Waals surface area contributed by atoms with Crippen molar-refractivity contribution < 1.29 is 46.1 Å². The van der Waals surface area contributed by atoms with Crippen LogP contribution >= 0.6 is 0 Å². The van der Waals surface area contributed by atoms with E-state index in [4.69, 9.17) is 14.6 Å². The highest BCUT2D eigenvalue weighted by Gasteiger charge is 2.38. The zero-order chi connectivity index (χ0) is 27.9. The van der Waals surface area contributed by atoms with Crippen molar-refractivity contribution in [2.45, 2.75) is 49.1 Å². The summed E-state index contributed by atoms with van der Waals surface area (Å²) in [5, 5.41) is 16.7. The molecule has 3 N–H and O–H groups in total. The van der Waals surface area contributed by atoms with E-state index in [1.54, 1.807) is 12.1 Å². The van der Waals surface area contributed by atoms with Crippen molar-refractivity contribution in [2.24, 2.45) is 0 Å². The van der Waals surface area contributed by atoms with Gasteiger partial charge in [-0.2, -0.15) is 13.2 Å². The Morgan fingerprint density at radius 2 is 1.61 bits per heavy atom. The fourth-order valence-electron chi connectivity index (χ4n) is 4.27. The number of halogens is 3. The van der Waals surface area contributed by atoms with E-state index in [1.165, 1.54) is 37.1 Å². The number of carboxylic acids is 2. The molecule has 2 fully saturated rings. The first-order valence-electron chi connectivity index (χ1n) is 11.9. The molecule has 1 aromatic carbocycles. The lowest BCUT2D eigenvalue weighted by atomic mass is 9.84. The highest BCUT2D eigenvalue weighted by molar-refractivity contribution is 7.92. The van der Waals surface area contributed by atoms with Gasteiger partial charge in [0.1, 0.15) is 11.4 Å². The average Bonchev–Trinajstić information content (AvgIpc) is 2.89. The van der Waals surface area contributed by atoms with E-state index in [0.29, 0.717) is 38.0 Å². The lowest BCUT2D eigenvalue weighted by Gasteiger charge is -2.28. The molecule has 2 heterocycles. The topological polar surface area (TPSA) is 146 Å². The van der Waals surface area contributed by atoms with Crippen LogP contribution in [-0.4, -0.2) is 68.0 Å². The molecule has 0 bridgehead atoms. The zero-order valence-electron chi connectivity index (χ0n) is 20.3. The molecule has 14 heteroatoms. The van der Waals surface area contributed by atoms with Crippen LogP contribution in [0.25, 0.3) is 0 Å². The molecule has 0 unspecified atom stereocenters. The van der Waals surface area contributed by atoms with Gasteiger partial charge in [0.25, 0.3) is 10.0 Å². The summed E-state index contributed by atoms with van der Waals surface area (Å²) in [7, 11) is -3.86. The number of aliphatic carboxylic acids is 1. The van der Waals surface area contributed by atoms with Crippen LogP contribution in [0.15, 0.2) is 41.4 Å². The number of benzene rings is 1. The second kappa shape index (κ2) is 12.4. The Labute approximate surface area is 217 Å². The fourth-order valence-corrected chi connectivity index (χ4v) is 5.30. The Morgan fingerprint density at radius 3 is 2.13 bits per heavy atom. The Balaban J connectivity index is 0.000000505. The number of ether oxygens (including phenoxy) is 1. The van der Waals surface area contributed by atoms with E-state index in [2.05, 4.69) is 9.71 Å². The third-order valence-electron chi connectivity index (χ3n) is 6.17. The van der Waals surface area contributed by atoms with E-state index >= 15 is 0 Å². The van der Waals surface area contributed by atoms with Gasteiger partial charge in [0.2, 0.25) is 0 Å². The van der Waals surface area contributed by atoms with Gasteiger partial charge in [0.05, 0.1) is 30.0 Å². The highest BCUT2D eigenvalue weighted by atomic mass is 32.2. The number of alkyl halides is 3. The van der Waals surface area contributed by atoms with E-state index in [0.717, 1.165) is 12.8 Å². The van der Waals surface area contributed by atoms with Crippen molar-refractivity contribution in [1.29, 1.82) is 0 Å². The molecule has 1 saturated heterocycles. The molecule has 208 valence electrons. The number of nitrogens with zero attached hydrogens (tertiary/aromatic N) is 2. The van der Waals surface area contributed by atoms with Crippen LogP contribution in [0.1, 0.15) is 53.9 Å². The van der Waals surface area contributed by atoms with E-state index in [-0.39, 0.29) is 16.1 Å². The Hall–Kier alpha value is -3.39. The second-order valence-corrected chi connectivity index (χ2v) is 10.5. The summed E-state index contributed by atoms with van der Waals surface area (Å²) in [4.78, 5) is 26.9. The largest absolute Gasteiger partial charge is 0.490 e. The van der Waals surface area contributed by atoms with E-state index in [9.17, 15) is 31.5 Å². The SMILES string of the molecule is O=C(O)C(F)(F)F.O=C(O)c1cc(NS(=O)(=O)c2ccc(C3CCCCC3)cc2)cnc1N1CCOCC1. The number of hydrogen-bond acceptors (Lipinski definition) is 7. The van der Waals surface area contributed by atoms with E-state index in [1.807, 2.05) is 17.0 Å². The van der Waals surface area contributed by atoms with Crippen LogP contribution in [0.4, 0.5) is 24.7 Å². The molecule has 0 radical (unpaired) electrons. The third-order valence-corrected chi connectivity index (χ3v) is 7.57. The molecule has 4 rings (SSSR count). The Morgan fingerprint density at radius 1 is 1.03 bits per heavy atom. The van der Waals surface area contributed by atoms with Crippen molar-refractivity contribution in [3.05, 3.63) is 47.7 Å². The number of aromatic carboxylic acids is 1. The molecule has 1 saturated carbocycles. The van der Waals surface area contributed by atoms with Gasteiger partial charge >= 0.3 is 18.1 Å². The Kier molecular flexibility index (Phi) is 9.55. The number of carboxylic acid groups (broad SMARTS) is 2. The molecular weight excluding hydrogens is 531 g/mol. The van der Waals surface area contributed by atoms with Gasteiger partial charge in [0.15, 0.2) is 0 Å². The van der Waals surface area contributed by atoms with Crippen LogP contribution < -0.4 is 9.62 Å². The minimum Gasteiger partial charge on any atom is -0.478 e. The molecule has 2 aromatic rings. The fraction of sp³-hybridized carbons (Fsp3) is 0.458. The summed E-state index contributed by atoms with van der Waals surface area (Å²) in [6.45, 7) is 2.05. The monoisotopic (exact) mass is 559 g/mol. The van der Waals surface area contributed by atoms with Gasteiger partial charge in [-0.05, 0) is 42.5 Å². The minimum atomic E-state index is -5.08. The lowest BCUT2D eigenvalue weighted by Crippen LogP contribution is -2.37. The summed E-state index contributed by atoms with van der Waals surface area (Å²) in [5.41, 5.74) is 1.24. The maximum Gasteiger partial charge on any atom is 0.490 e. The number of carbonyl (C=O) groups is 2. The standard InChI is InChI=1S/C22H27N3O5S.C2HF3O2/c26-22(27)20-14-18(15-23-21(20)25-10-12-30-13-11-25)24-31(28,29)19-8-6-17(7-9-19)16-4-2-1-3-5-16;3-2(4,5)1(6)7/h6-9,14-16,24H,1-5,10-13H2,(H,26,27);(H,6,7). The number of pyridine rings is 1. The lowest BCUT2D eigenvalue weighted by molar-refractivity contribution is -0.192. The molecule has 1 aliphatic carbocycles. The molecule has 1 aromatic heterocycles. The molecule has 38 heavy (non-hydrogen) atoms. The number of anilines is 2. The molecule has 0 spiro atoms. The number of nitrogens with one attached hydrogen (secondary N) is 1. The smallest absolute Gasteiger partial charge is 0.478 e. The maximum atomic E-state index is 12.8. The normalized spacial score (nSPS) is 16.8. The Bertz CT molecular complexity index is 1230. The van der Waals surface area contributed by atoms with Crippen LogP contribution in [0, 0.1) is 0 Å². The predicted molar refractivity (Wildman–Crippen MR) is 131 cm³/mol. The predicted octanol–water partition coefficient (Wildman–Crippen LogP) is 4.10. The third kappa shape index (κ3) is 7.81. The highest BCUT2D eigenvalue weighted by Crippen LogP contribution is 2.33. The zero-order valence-corrected chi connectivity index (χ0v) is 21.1. The van der Waals surface area contributed by atoms with Gasteiger partial charge in [-0.25, -0.2) is 23.0 Å². The van der Waals surface area contributed by atoms with Gasteiger partial charge in [0, 0.05) is 13.1 Å². The quantitative estimate of drug-likeness (QED) is 0.476. The van der Waals surface area contributed by atoms with Crippen molar-refractivity contribution in [3.63, 3.8) is 0 Å². The first-order valence-corrected chi connectivity index (χ1v) is 13.4. The molecular formula is C24H28F3N3O7S. The van der Waals surface area contributed by atoms with Crippen LogP contribution in [-0.2, 0) is 19.6 Å². The summed E-state index contributed by atoms with van der Waals surface area (Å²) in [5.74, 6) is -3.11. The first kappa shape index (κ1) is 29.2. The number of rotatable bonds is 6. The molecule has 1 aliphatic heterocycles. The van der Waals surface area contributed by atoms with Crippen LogP contribution in [0.2, 0.25) is 0 Å². The van der Waals surface area contributed by atoms with E-state index < -0.39 is 28.1 Å². The van der Waals surface area contributed by atoms with Crippen LogP contribution in [0.5, 0.6) is 0 Å². The van der Waals surface area contributed by atoms with Crippen molar-refractivity contribution in [1.82, 2.24) is 4.98 Å². The van der Waals surface area contributed by atoms with Crippen molar-refractivity contribution >= 4 is 33.5 Å².